The van der Waals surface area contributed by atoms with Crippen molar-refractivity contribution in [1.82, 2.24) is 0 Å². The lowest BCUT2D eigenvalue weighted by molar-refractivity contribution is -0.169. The number of carbonyl (C=O) groups is 2. The first kappa shape index (κ1) is 22.8. The summed E-state index contributed by atoms with van der Waals surface area (Å²) in [5, 5.41) is 0. The predicted molar refractivity (Wildman–Crippen MR) is 114 cm³/mol. The third-order valence-electron chi connectivity index (χ3n) is 7.18. The van der Waals surface area contributed by atoms with Crippen molar-refractivity contribution in [2.45, 2.75) is 64.5 Å². The fraction of sp³-hybridized carbons (Fsp3) is 0.652. The molecule has 0 radical (unpaired) electrons. The van der Waals surface area contributed by atoms with Crippen LogP contribution < -0.4 is 0 Å². The zero-order chi connectivity index (χ0) is 22.2. The van der Waals surface area contributed by atoms with E-state index in [0.29, 0.717) is 19.2 Å². The first-order valence-corrected chi connectivity index (χ1v) is 10.6. The third kappa shape index (κ3) is 4.15. The van der Waals surface area contributed by atoms with E-state index in [-0.39, 0.29) is 19.0 Å². The molecule has 30 heavy (non-hydrogen) atoms. The van der Waals surface area contributed by atoms with E-state index in [0.717, 1.165) is 6.42 Å². The van der Waals surface area contributed by atoms with Crippen molar-refractivity contribution < 1.29 is 28.4 Å². The molecule has 0 aromatic heterocycles. The highest BCUT2D eigenvalue weighted by Gasteiger charge is 2.59. The van der Waals surface area contributed by atoms with E-state index in [1.807, 2.05) is 45.9 Å². The maximum Gasteiger partial charge on any atom is 0.458 e. The first-order chi connectivity index (χ1) is 14.0. The Labute approximate surface area is 179 Å². The lowest BCUT2D eigenvalue weighted by Gasteiger charge is -2.32. The van der Waals surface area contributed by atoms with E-state index >= 15 is 0 Å². The molecule has 0 N–H and O–H groups in total. The van der Waals surface area contributed by atoms with Crippen LogP contribution in [0.25, 0.3) is 0 Å². The normalized spacial score (nSPS) is 26.4. The molecule has 2 aliphatic rings. The minimum Gasteiger partial charge on any atom is -0.468 e. The average molecular weight is 416 g/mol. The second kappa shape index (κ2) is 8.35. The van der Waals surface area contributed by atoms with Gasteiger partial charge in [0, 0.05) is 0 Å². The number of hydrogen-bond acceptors (Lipinski definition) is 6. The van der Waals surface area contributed by atoms with E-state index in [1.54, 1.807) is 0 Å². The Balaban J connectivity index is 1.87. The lowest BCUT2D eigenvalue weighted by Crippen LogP contribution is -2.41. The number of rotatable bonds is 6. The summed E-state index contributed by atoms with van der Waals surface area (Å²) in [6, 6.07) is 10.1. The van der Waals surface area contributed by atoms with E-state index in [2.05, 4.69) is 12.1 Å². The molecule has 2 fully saturated rings. The molecular weight excluding hydrogens is 383 g/mol. The second-order valence-electron chi connectivity index (χ2n) is 9.60. The van der Waals surface area contributed by atoms with Crippen LogP contribution in [-0.4, -0.2) is 44.5 Å². The van der Waals surface area contributed by atoms with Crippen LogP contribution >= 0.6 is 0 Å². The van der Waals surface area contributed by atoms with Gasteiger partial charge in [0.1, 0.15) is 0 Å². The molecule has 1 heterocycles. The molecule has 6 nitrogen and oxygen atoms in total. The van der Waals surface area contributed by atoms with Gasteiger partial charge in [-0.15, -0.1) is 0 Å². The molecule has 0 amide bonds. The van der Waals surface area contributed by atoms with Crippen molar-refractivity contribution in [3.05, 3.63) is 35.9 Å². The van der Waals surface area contributed by atoms with Gasteiger partial charge in [-0.25, -0.2) is 0 Å². The van der Waals surface area contributed by atoms with Gasteiger partial charge in [0.05, 0.1) is 25.4 Å². The number of hydrogen-bond donors (Lipinski definition) is 0. The summed E-state index contributed by atoms with van der Waals surface area (Å²) in [7, 11) is 2.26. The maximum atomic E-state index is 12.7. The third-order valence-corrected chi connectivity index (χ3v) is 7.18. The summed E-state index contributed by atoms with van der Waals surface area (Å²) in [6.07, 6.45) is 2.14. The topological polar surface area (TPSA) is 71.1 Å². The Hall–Kier alpha value is -1.86. The molecule has 1 aromatic carbocycles. The number of carbonyl (C=O) groups excluding carboxylic acids is 2. The van der Waals surface area contributed by atoms with Crippen molar-refractivity contribution in [3.63, 3.8) is 0 Å². The number of benzene rings is 1. The van der Waals surface area contributed by atoms with Gasteiger partial charge in [-0.1, -0.05) is 30.3 Å². The molecule has 1 aliphatic carbocycles. The van der Waals surface area contributed by atoms with Crippen molar-refractivity contribution in [1.29, 1.82) is 0 Å². The van der Waals surface area contributed by atoms with Gasteiger partial charge in [-0.3, -0.25) is 9.59 Å². The quantitative estimate of drug-likeness (QED) is 0.400. The summed E-state index contributed by atoms with van der Waals surface area (Å²) in [4.78, 5) is 25.5. The van der Waals surface area contributed by atoms with Gasteiger partial charge >= 0.3 is 19.1 Å². The highest BCUT2D eigenvalue weighted by atomic mass is 16.7. The zero-order valence-corrected chi connectivity index (χ0v) is 18.9. The molecule has 3 rings (SSSR count). The Kier molecular flexibility index (Phi) is 6.35. The minimum absolute atomic E-state index is 0.0538. The van der Waals surface area contributed by atoms with Gasteiger partial charge in [0.15, 0.2) is 5.41 Å². The molecule has 1 saturated heterocycles. The van der Waals surface area contributed by atoms with Crippen LogP contribution in [0.2, 0.25) is 6.32 Å². The molecule has 1 aromatic rings. The average Bonchev–Trinajstić information content (AvgIpc) is 3.15. The van der Waals surface area contributed by atoms with Gasteiger partial charge in [0.2, 0.25) is 0 Å². The SMILES string of the molecule is COC(=O)C1(C(=O)OC)C[C@H](CB2OC(C)(C)C(C)(C)O2)[C@@H](Cc2ccccc2)C1. The van der Waals surface area contributed by atoms with Crippen LogP contribution in [0.1, 0.15) is 46.1 Å². The number of esters is 2. The van der Waals surface area contributed by atoms with Gasteiger partial charge in [-0.05, 0) is 70.7 Å². The standard InChI is InChI=1S/C23H33BO6/c1-21(2)22(3,4)30-24(29-21)15-18-14-23(19(25)27-5,20(26)28-6)13-17(18)12-16-10-8-7-9-11-16/h7-11,17-18H,12-15H2,1-6H3/t17-,18+/m0/s1. The summed E-state index contributed by atoms with van der Waals surface area (Å²) in [5.74, 6) is -0.893. The van der Waals surface area contributed by atoms with Crippen LogP contribution in [0.5, 0.6) is 0 Å². The highest BCUT2D eigenvalue weighted by Crippen LogP contribution is 2.51. The maximum absolute atomic E-state index is 12.7. The molecule has 1 aliphatic heterocycles. The fourth-order valence-corrected chi connectivity index (χ4v) is 4.86. The predicted octanol–water partition coefficient (Wildman–Crippen LogP) is 3.68. The Bertz CT molecular complexity index is 743. The number of methoxy groups -OCH3 is 2. The molecule has 0 spiro atoms. The van der Waals surface area contributed by atoms with Gasteiger partial charge in [-0.2, -0.15) is 0 Å². The Morgan fingerprint density at radius 2 is 1.43 bits per heavy atom. The van der Waals surface area contributed by atoms with E-state index < -0.39 is 28.6 Å². The molecule has 0 bridgehead atoms. The van der Waals surface area contributed by atoms with Crippen LogP contribution in [0.3, 0.4) is 0 Å². The smallest absolute Gasteiger partial charge is 0.458 e. The monoisotopic (exact) mass is 416 g/mol. The van der Waals surface area contributed by atoms with E-state index in [4.69, 9.17) is 18.8 Å². The van der Waals surface area contributed by atoms with Crippen molar-refractivity contribution in [3.8, 4) is 0 Å². The van der Waals surface area contributed by atoms with Crippen LogP contribution in [0, 0.1) is 17.3 Å². The fourth-order valence-electron chi connectivity index (χ4n) is 4.86. The molecule has 164 valence electrons. The van der Waals surface area contributed by atoms with Crippen LogP contribution in [-0.2, 0) is 34.8 Å². The van der Waals surface area contributed by atoms with Crippen LogP contribution in [0.15, 0.2) is 30.3 Å². The van der Waals surface area contributed by atoms with E-state index in [1.165, 1.54) is 19.8 Å². The van der Waals surface area contributed by atoms with E-state index in [9.17, 15) is 9.59 Å². The molecule has 0 unspecified atom stereocenters. The largest absolute Gasteiger partial charge is 0.468 e. The Morgan fingerprint density at radius 1 is 0.933 bits per heavy atom. The van der Waals surface area contributed by atoms with Crippen LogP contribution in [0.4, 0.5) is 0 Å². The highest BCUT2D eigenvalue weighted by molar-refractivity contribution is 6.45. The minimum atomic E-state index is -1.28. The first-order valence-electron chi connectivity index (χ1n) is 10.6. The molecule has 2 atom stereocenters. The van der Waals surface area contributed by atoms with Gasteiger partial charge in [0.25, 0.3) is 0 Å². The Morgan fingerprint density at radius 3 is 1.93 bits per heavy atom. The van der Waals surface area contributed by atoms with Gasteiger partial charge < -0.3 is 18.8 Å². The molecule has 7 heteroatoms. The molecular formula is C23H33BO6. The summed E-state index contributed by atoms with van der Waals surface area (Å²) < 4.78 is 22.5. The van der Waals surface area contributed by atoms with Crippen molar-refractivity contribution in [2.75, 3.05) is 14.2 Å². The zero-order valence-electron chi connectivity index (χ0n) is 18.9. The summed E-state index contributed by atoms with van der Waals surface area (Å²) in [6.45, 7) is 8.10. The summed E-state index contributed by atoms with van der Waals surface area (Å²) >= 11 is 0. The molecule has 1 saturated carbocycles. The second-order valence-corrected chi connectivity index (χ2v) is 9.60. The lowest BCUT2D eigenvalue weighted by atomic mass is 9.72. The van der Waals surface area contributed by atoms with Crippen molar-refractivity contribution in [2.24, 2.45) is 17.3 Å². The summed E-state index contributed by atoms with van der Waals surface area (Å²) in [5.41, 5.74) is -0.955. The van der Waals surface area contributed by atoms with Crippen molar-refractivity contribution >= 4 is 19.1 Å². The number of ether oxygens (including phenoxy) is 2.